The van der Waals surface area contributed by atoms with E-state index in [0.717, 1.165) is 36.6 Å². The van der Waals surface area contributed by atoms with Gasteiger partial charge in [0.15, 0.2) is 0 Å². The maximum Gasteiger partial charge on any atom is 0.573 e. The van der Waals surface area contributed by atoms with Gasteiger partial charge in [0, 0.05) is 0 Å². The van der Waals surface area contributed by atoms with Crippen molar-refractivity contribution in [3.8, 4) is 11.5 Å². The SMILES string of the molecule is CC.CC(C)C1=CCCC=C1Oc1ccc(OC(F)(F)F)cc1.CCC(C)CCN. The van der Waals surface area contributed by atoms with Crippen molar-refractivity contribution in [3.05, 3.63) is 47.7 Å². The molecule has 1 unspecified atom stereocenters. The molecule has 0 heterocycles. The minimum absolute atomic E-state index is 0.257. The highest BCUT2D eigenvalue weighted by atomic mass is 19.4. The average Bonchev–Trinajstić information content (AvgIpc) is 2.71. The molecule has 2 N–H and O–H groups in total. The van der Waals surface area contributed by atoms with E-state index in [2.05, 4.69) is 38.5 Å². The molecular formula is C24H38F3NO2. The Morgan fingerprint density at radius 3 is 1.93 bits per heavy atom. The number of hydrogen-bond acceptors (Lipinski definition) is 3. The highest BCUT2D eigenvalue weighted by Gasteiger charge is 2.31. The average molecular weight is 430 g/mol. The summed E-state index contributed by atoms with van der Waals surface area (Å²) in [7, 11) is 0. The maximum atomic E-state index is 12.1. The molecule has 1 aromatic carbocycles. The van der Waals surface area contributed by atoms with Gasteiger partial charge in [-0.15, -0.1) is 13.2 Å². The lowest BCUT2D eigenvalue weighted by Crippen LogP contribution is -2.17. The second-order valence-electron chi connectivity index (χ2n) is 7.17. The molecule has 0 saturated carbocycles. The van der Waals surface area contributed by atoms with Crippen LogP contribution in [0.4, 0.5) is 13.2 Å². The third-order valence-corrected chi connectivity index (χ3v) is 4.41. The number of benzene rings is 1. The molecule has 1 aliphatic carbocycles. The standard InChI is InChI=1S/C16H17F3O2.C6H15N.C2H6/c1-11(2)14-5-3-4-6-15(14)20-12-7-9-13(10-8-12)21-16(17,18)19;1-3-6(2)4-5-7;1-2/h5-11H,3-4H2,1-2H3;6H,3-5,7H2,1-2H3;1-2H3. The molecule has 3 nitrogen and oxygen atoms in total. The molecule has 2 rings (SSSR count). The number of nitrogens with two attached hydrogens (primary N) is 1. The van der Waals surface area contributed by atoms with E-state index in [1.54, 1.807) is 0 Å². The normalized spacial score (nSPS) is 14.4. The number of alkyl halides is 3. The van der Waals surface area contributed by atoms with Gasteiger partial charge in [-0.05, 0) is 73.6 Å². The van der Waals surface area contributed by atoms with E-state index in [4.69, 9.17) is 10.5 Å². The number of halogens is 3. The quantitative estimate of drug-likeness (QED) is 0.484. The van der Waals surface area contributed by atoms with Crippen LogP contribution >= 0.6 is 0 Å². The van der Waals surface area contributed by atoms with Gasteiger partial charge in [-0.2, -0.15) is 0 Å². The molecule has 1 aliphatic rings. The maximum absolute atomic E-state index is 12.1. The molecule has 0 bridgehead atoms. The van der Waals surface area contributed by atoms with Crippen molar-refractivity contribution in [2.75, 3.05) is 6.54 Å². The highest BCUT2D eigenvalue weighted by Crippen LogP contribution is 2.30. The molecular weight excluding hydrogens is 391 g/mol. The van der Waals surface area contributed by atoms with Crippen LogP contribution in [0.2, 0.25) is 0 Å². The minimum atomic E-state index is -4.68. The van der Waals surface area contributed by atoms with Crippen molar-refractivity contribution in [2.24, 2.45) is 17.6 Å². The molecule has 0 amide bonds. The lowest BCUT2D eigenvalue weighted by Gasteiger charge is -2.20. The summed E-state index contributed by atoms with van der Waals surface area (Å²) in [5.74, 6) is 2.17. The van der Waals surface area contributed by atoms with E-state index in [9.17, 15) is 13.2 Å². The molecule has 0 aliphatic heterocycles. The van der Waals surface area contributed by atoms with Crippen LogP contribution in [0.25, 0.3) is 0 Å². The van der Waals surface area contributed by atoms with Crippen LogP contribution < -0.4 is 15.2 Å². The molecule has 30 heavy (non-hydrogen) atoms. The fourth-order valence-corrected chi connectivity index (χ4v) is 2.62. The largest absolute Gasteiger partial charge is 0.573 e. The van der Waals surface area contributed by atoms with Gasteiger partial charge in [-0.3, -0.25) is 0 Å². The van der Waals surface area contributed by atoms with E-state index in [0.29, 0.717) is 11.7 Å². The Morgan fingerprint density at radius 1 is 0.967 bits per heavy atom. The van der Waals surface area contributed by atoms with Gasteiger partial charge in [0.05, 0.1) is 0 Å². The van der Waals surface area contributed by atoms with E-state index in [-0.39, 0.29) is 5.75 Å². The molecule has 0 fully saturated rings. The fraction of sp³-hybridized carbons (Fsp3) is 0.583. The first-order valence-corrected chi connectivity index (χ1v) is 10.8. The Balaban J connectivity index is 0.000000795. The van der Waals surface area contributed by atoms with E-state index in [1.165, 1.54) is 37.1 Å². The molecule has 1 aromatic rings. The summed E-state index contributed by atoms with van der Waals surface area (Å²) in [4.78, 5) is 0. The summed E-state index contributed by atoms with van der Waals surface area (Å²) >= 11 is 0. The second kappa shape index (κ2) is 14.9. The van der Waals surface area contributed by atoms with Gasteiger partial charge in [0.25, 0.3) is 0 Å². The van der Waals surface area contributed by atoms with Gasteiger partial charge in [-0.25, -0.2) is 0 Å². The van der Waals surface area contributed by atoms with Crippen LogP contribution in [-0.2, 0) is 0 Å². The van der Waals surface area contributed by atoms with Crippen LogP contribution in [0, 0.1) is 11.8 Å². The van der Waals surface area contributed by atoms with Gasteiger partial charge in [0.2, 0.25) is 0 Å². The molecule has 6 heteroatoms. The van der Waals surface area contributed by atoms with Crippen molar-refractivity contribution in [3.63, 3.8) is 0 Å². The van der Waals surface area contributed by atoms with Crippen molar-refractivity contribution < 1.29 is 22.6 Å². The smallest absolute Gasteiger partial charge is 0.457 e. The Morgan fingerprint density at radius 2 is 1.50 bits per heavy atom. The second-order valence-corrected chi connectivity index (χ2v) is 7.17. The topological polar surface area (TPSA) is 44.5 Å². The van der Waals surface area contributed by atoms with Crippen molar-refractivity contribution in [1.82, 2.24) is 0 Å². The zero-order valence-electron chi connectivity index (χ0n) is 19.2. The molecule has 0 aromatic heterocycles. The zero-order valence-corrected chi connectivity index (χ0v) is 19.2. The van der Waals surface area contributed by atoms with Crippen LogP contribution in [0.3, 0.4) is 0 Å². The van der Waals surface area contributed by atoms with Crippen molar-refractivity contribution in [1.29, 1.82) is 0 Å². The predicted octanol–water partition coefficient (Wildman–Crippen LogP) is 7.63. The summed E-state index contributed by atoms with van der Waals surface area (Å²) in [6, 6.07) is 5.42. The molecule has 0 saturated heterocycles. The first-order chi connectivity index (χ1) is 14.2. The molecule has 0 spiro atoms. The van der Waals surface area contributed by atoms with Gasteiger partial charge >= 0.3 is 6.36 Å². The monoisotopic (exact) mass is 429 g/mol. The summed E-state index contributed by atoms with van der Waals surface area (Å²) in [5, 5.41) is 0. The van der Waals surface area contributed by atoms with Crippen molar-refractivity contribution in [2.45, 2.75) is 73.6 Å². The summed E-state index contributed by atoms with van der Waals surface area (Å²) in [6.07, 6.45) is 3.80. The first-order valence-electron chi connectivity index (χ1n) is 10.8. The Bertz CT molecular complexity index is 635. The van der Waals surface area contributed by atoms with E-state index >= 15 is 0 Å². The number of allylic oxidation sites excluding steroid dienone is 3. The van der Waals surface area contributed by atoms with Crippen LogP contribution in [0.15, 0.2) is 47.7 Å². The Labute approximate surface area is 180 Å². The van der Waals surface area contributed by atoms with Gasteiger partial charge in [0.1, 0.15) is 17.3 Å². The van der Waals surface area contributed by atoms with E-state index in [1.807, 2.05) is 19.9 Å². The number of ether oxygens (including phenoxy) is 2. The molecule has 172 valence electrons. The molecule has 0 radical (unpaired) electrons. The van der Waals surface area contributed by atoms with Crippen molar-refractivity contribution >= 4 is 0 Å². The summed E-state index contributed by atoms with van der Waals surface area (Å²) in [6.45, 7) is 13.4. The first kappa shape index (κ1) is 28.1. The lowest BCUT2D eigenvalue weighted by atomic mass is 9.95. The van der Waals surface area contributed by atoms with Gasteiger partial charge in [-0.1, -0.05) is 54.0 Å². The van der Waals surface area contributed by atoms with E-state index < -0.39 is 6.36 Å². The Kier molecular flexibility index (Phi) is 14.0. The highest BCUT2D eigenvalue weighted by molar-refractivity contribution is 5.37. The summed E-state index contributed by atoms with van der Waals surface area (Å²) in [5.41, 5.74) is 6.43. The minimum Gasteiger partial charge on any atom is -0.457 e. The lowest BCUT2D eigenvalue weighted by molar-refractivity contribution is -0.274. The molecule has 1 atom stereocenters. The van der Waals surface area contributed by atoms with Crippen LogP contribution in [0.1, 0.15) is 67.2 Å². The number of hydrogen-bond donors (Lipinski definition) is 1. The number of rotatable bonds is 7. The van der Waals surface area contributed by atoms with Gasteiger partial charge < -0.3 is 15.2 Å². The Hall–Kier alpha value is -1.95. The third-order valence-electron chi connectivity index (χ3n) is 4.41. The third kappa shape index (κ3) is 11.9. The van der Waals surface area contributed by atoms with Crippen LogP contribution in [-0.4, -0.2) is 12.9 Å². The fourth-order valence-electron chi connectivity index (χ4n) is 2.62. The predicted molar refractivity (Wildman–Crippen MR) is 118 cm³/mol. The summed E-state index contributed by atoms with van der Waals surface area (Å²) < 4.78 is 45.8. The van der Waals surface area contributed by atoms with Crippen LogP contribution in [0.5, 0.6) is 11.5 Å². The zero-order chi connectivity index (χ0) is 23.2.